The molecular weight excluding hydrogens is 266 g/mol. The first-order chi connectivity index (χ1) is 9.45. The molecule has 4 amide bonds. The van der Waals surface area contributed by atoms with Crippen molar-refractivity contribution in [2.45, 2.75) is 38.3 Å². The second-order valence-electron chi connectivity index (χ2n) is 4.94. The van der Waals surface area contributed by atoms with E-state index in [9.17, 15) is 19.2 Å². The van der Waals surface area contributed by atoms with E-state index in [1.54, 1.807) is 6.92 Å². The van der Waals surface area contributed by atoms with Crippen molar-refractivity contribution in [3.63, 3.8) is 0 Å². The van der Waals surface area contributed by atoms with Gasteiger partial charge < -0.3 is 14.9 Å². The summed E-state index contributed by atoms with van der Waals surface area (Å²) in [5.74, 6) is -2.11. The number of urea groups is 1. The number of rotatable bonds is 2. The van der Waals surface area contributed by atoms with Crippen LogP contribution >= 0.6 is 0 Å². The lowest BCUT2D eigenvalue weighted by atomic mass is 10.1. The van der Waals surface area contributed by atoms with Gasteiger partial charge in [0.15, 0.2) is 0 Å². The van der Waals surface area contributed by atoms with Crippen molar-refractivity contribution in [1.82, 2.24) is 15.1 Å². The van der Waals surface area contributed by atoms with E-state index in [0.29, 0.717) is 25.8 Å². The highest BCUT2D eigenvalue weighted by Gasteiger charge is 2.42. The standard InChI is InChI=1S/C12H17N3O5/c1-2-7-10(17)13-9(16)6-15(7)12(20)14-5-3-4-8(14)11(18)19/h7-8H,2-6H2,1H3,(H,18,19)(H,13,16,17). The summed E-state index contributed by atoms with van der Waals surface area (Å²) in [7, 11) is 0. The highest BCUT2D eigenvalue weighted by molar-refractivity contribution is 6.04. The van der Waals surface area contributed by atoms with Gasteiger partial charge in [-0.1, -0.05) is 6.92 Å². The number of carboxylic acid groups (broad SMARTS) is 1. The van der Waals surface area contributed by atoms with Crippen molar-refractivity contribution in [3.05, 3.63) is 0 Å². The molecule has 2 N–H and O–H groups in total. The number of aliphatic carboxylic acids is 1. The predicted molar refractivity (Wildman–Crippen MR) is 66.7 cm³/mol. The molecule has 2 unspecified atom stereocenters. The van der Waals surface area contributed by atoms with Gasteiger partial charge in [0.2, 0.25) is 11.8 Å². The predicted octanol–water partition coefficient (Wildman–Crippen LogP) is -0.608. The van der Waals surface area contributed by atoms with Crippen LogP contribution in [0.4, 0.5) is 4.79 Å². The molecule has 2 heterocycles. The van der Waals surface area contributed by atoms with Crippen LogP contribution < -0.4 is 5.32 Å². The molecule has 2 fully saturated rings. The maximum absolute atomic E-state index is 12.4. The normalized spacial score (nSPS) is 26.6. The molecule has 20 heavy (non-hydrogen) atoms. The van der Waals surface area contributed by atoms with Crippen LogP contribution in [0, 0.1) is 0 Å². The third kappa shape index (κ3) is 2.45. The summed E-state index contributed by atoms with van der Waals surface area (Å²) < 4.78 is 0. The highest BCUT2D eigenvalue weighted by Crippen LogP contribution is 2.21. The Balaban J connectivity index is 2.19. The first-order valence-electron chi connectivity index (χ1n) is 6.59. The molecule has 8 heteroatoms. The first-order valence-corrected chi connectivity index (χ1v) is 6.59. The molecule has 2 atom stereocenters. The molecule has 110 valence electrons. The molecule has 8 nitrogen and oxygen atoms in total. The van der Waals surface area contributed by atoms with Crippen molar-refractivity contribution >= 4 is 23.8 Å². The van der Waals surface area contributed by atoms with Crippen LogP contribution in [0.5, 0.6) is 0 Å². The van der Waals surface area contributed by atoms with Gasteiger partial charge in [-0.2, -0.15) is 0 Å². The van der Waals surface area contributed by atoms with Crippen LogP contribution in [0.25, 0.3) is 0 Å². The van der Waals surface area contributed by atoms with Crippen LogP contribution in [0.1, 0.15) is 26.2 Å². The lowest BCUT2D eigenvalue weighted by Gasteiger charge is -2.37. The Bertz CT molecular complexity index is 464. The quantitative estimate of drug-likeness (QED) is 0.658. The van der Waals surface area contributed by atoms with Gasteiger partial charge in [0.05, 0.1) is 0 Å². The van der Waals surface area contributed by atoms with Crippen molar-refractivity contribution in [3.8, 4) is 0 Å². The average Bonchev–Trinajstić information content (AvgIpc) is 2.86. The molecule has 0 bridgehead atoms. The van der Waals surface area contributed by atoms with Crippen molar-refractivity contribution in [2.75, 3.05) is 13.1 Å². The Labute approximate surface area is 115 Å². The van der Waals surface area contributed by atoms with Crippen molar-refractivity contribution in [2.24, 2.45) is 0 Å². The number of hydrogen-bond acceptors (Lipinski definition) is 4. The van der Waals surface area contributed by atoms with Crippen molar-refractivity contribution < 1.29 is 24.3 Å². The molecule has 2 aliphatic rings. The molecule has 2 aliphatic heterocycles. The fraction of sp³-hybridized carbons (Fsp3) is 0.667. The molecule has 0 aromatic heterocycles. The SMILES string of the molecule is CCC1C(=O)NC(=O)CN1C(=O)N1CCCC1C(=O)O. The Morgan fingerprint density at radius 2 is 2.05 bits per heavy atom. The number of carbonyl (C=O) groups is 4. The largest absolute Gasteiger partial charge is 0.480 e. The minimum absolute atomic E-state index is 0.216. The van der Waals surface area contributed by atoms with Crippen molar-refractivity contribution in [1.29, 1.82) is 0 Å². The number of nitrogens with one attached hydrogen (secondary N) is 1. The van der Waals surface area contributed by atoms with Crippen LogP contribution in [-0.2, 0) is 14.4 Å². The number of amides is 4. The zero-order valence-electron chi connectivity index (χ0n) is 11.2. The van der Waals surface area contributed by atoms with Crippen LogP contribution in [0.2, 0.25) is 0 Å². The lowest BCUT2D eigenvalue weighted by molar-refractivity contribution is -0.141. The second kappa shape index (κ2) is 5.48. The van der Waals surface area contributed by atoms with E-state index < -0.39 is 35.9 Å². The maximum atomic E-state index is 12.4. The van der Waals surface area contributed by atoms with Gasteiger partial charge in [-0.05, 0) is 19.3 Å². The molecule has 0 aliphatic carbocycles. The van der Waals surface area contributed by atoms with Crippen LogP contribution in [-0.4, -0.2) is 63.9 Å². The fourth-order valence-corrected chi connectivity index (χ4v) is 2.69. The van der Waals surface area contributed by atoms with Gasteiger partial charge in [-0.15, -0.1) is 0 Å². The minimum Gasteiger partial charge on any atom is -0.480 e. The molecule has 0 aromatic carbocycles. The number of carboxylic acids is 1. The Kier molecular flexibility index (Phi) is 3.91. The van der Waals surface area contributed by atoms with Gasteiger partial charge >= 0.3 is 12.0 Å². The summed E-state index contributed by atoms with van der Waals surface area (Å²) in [4.78, 5) is 49.1. The minimum atomic E-state index is -1.06. The van der Waals surface area contributed by atoms with Crippen LogP contribution in [0.15, 0.2) is 0 Å². The number of nitrogens with zero attached hydrogens (tertiary/aromatic N) is 2. The van der Waals surface area contributed by atoms with Gasteiger partial charge in [-0.3, -0.25) is 14.9 Å². The molecular formula is C12H17N3O5. The molecule has 0 spiro atoms. The monoisotopic (exact) mass is 283 g/mol. The third-order valence-corrected chi connectivity index (χ3v) is 3.67. The van der Waals surface area contributed by atoms with E-state index in [1.165, 1.54) is 9.80 Å². The zero-order valence-corrected chi connectivity index (χ0v) is 11.2. The number of imide groups is 1. The summed E-state index contributed by atoms with van der Waals surface area (Å²) in [6.45, 7) is 1.85. The Morgan fingerprint density at radius 3 is 2.65 bits per heavy atom. The first kappa shape index (κ1) is 14.3. The van der Waals surface area contributed by atoms with Gasteiger partial charge in [0.25, 0.3) is 0 Å². The Morgan fingerprint density at radius 1 is 1.35 bits per heavy atom. The summed E-state index contributed by atoms with van der Waals surface area (Å²) in [6.07, 6.45) is 1.37. The molecule has 2 saturated heterocycles. The number of hydrogen-bond donors (Lipinski definition) is 2. The lowest BCUT2D eigenvalue weighted by Crippen LogP contribution is -2.62. The smallest absolute Gasteiger partial charge is 0.326 e. The topological polar surface area (TPSA) is 107 Å². The van der Waals surface area contributed by atoms with Gasteiger partial charge in [-0.25, -0.2) is 9.59 Å². The molecule has 0 saturated carbocycles. The molecule has 2 rings (SSSR count). The van der Waals surface area contributed by atoms with Gasteiger partial charge in [0, 0.05) is 6.54 Å². The number of likely N-dealkylation sites (tertiary alicyclic amines) is 1. The summed E-state index contributed by atoms with van der Waals surface area (Å²) in [6, 6.07) is -2.15. The van der Waals surface area contributed by atoms with E-state index in [1.807, 2.05) is 0 Å². The van der Waals surface area contributed by atoms with E-state index >= 15 is 0 Å². The average molecular weight is 283 g/mol. The van der Waals surface area contributed by atoms with Crippen LogP contribution in [0.3, 0.4) is 0 Å². The number of carbonyl (C=O) groups excluding carboxylic acids is 3. The summed E-state index contributed by atoms with van der Waals surface area (Å²) in [5, 5.41) is 11.3. The van der Waals surface area contributed by atoms with E-state index in [4.69, 9.17) is 5.11 Å². The third-order valence-electron chi connectivity index (χ3n) is 3.67. The number of piperazine rings is 1. The van der Waals surface area contributed by atoms with Gasteiger partial charge in [0.1, 0.15) is 18.6 Å². The summed E-state index contributed by atoms with van der Waals surface area (Å²) >= 11 is 0. The molecule has 0 aromatic rings. The molecule has 0 radical (unpaired) electrons. The van der Waals surface area contributed by atoms with E-state index in [2.05, 4.69) is 5.32 Å². The zero-order chi connectivity index (χ0) is 14.9. The highest BCUT2D eigenvalue weighted by atomic mass is 16.4. The summed E-state index contributed by atoms with van der Waals surface area (Å²) in [5.41, 5.74) is 0. The maximum Gasteiger partial charge on any atom is 0.326 e. The second-order valence-corrected chi connectivity index (χ2v) is 4.94. The van der Waals surface area contributed by atoms with E-state index in [0.717, 1.165) is 0 Å². The fourth-order valence-electron chi connectivity index (χ4n) is 2.69. The Hall–Kier alpha value is -2.12. The van der Waals surface area contributed by atoms with E-state index in [-0.39, 0.29) is 6.54 Å².